The Balaban J connectivity index is 1.94. The maximum Gasteiger partial charge on any atom is 0.194 e. The van der Waals surface area contributed by atoms with Gasteiger partial charge in [-0.25, -0.2) is 13.2 Å². The molecule has 2 rings (SSSR count). The molecule has 0 saturated heterocycles. The van der Waals surface area contributed by atoms with E-state index in [2.05, 4.69) is 6.92 Å². The molecule has 0 amide bonds. The molecule has 1 aliphatic rings. The van der Waals surface area contributed by atoms with Crippen LogP contribution in [-0.4, -0.2) is 6.10 Å². The SMILES string of the molecule is CC1CC(OCc2cc(F)c(F)c(F)c2)C1. The van der Waals surface area contributed by atoms with E-state index in [0.717, 1.165) is 25.0 Å². The van der Waals surface area contributed by atoms with Crippen molar-refractivity contribution in [1.82, 2.24) is 0 Å². The lowest BCUT2D eigenvalue weighted by atomic mass is 9.84. The van der Waals surface area contributed by atoms with Crippen LogP contribution >= 0.6 is 0 Å². The molecule has 0 heterocycles. The standard InChI is InChI=1S/C12H13F3O/c1-7-2-9(3-7)16-6-8-4-10(13)12(15)11(14)5-8/h4-5,7,9H,2-3,6H2,1H3. The van der Waals surface area contributed by atoms with Crippen LogP contribution in [0.1, 0.15) is 25.3 Å². The van der Waals surface area contributed by atoms with Crippen LogP contribution in [-0.2, 0) is 11.3 Å². The Labute approximate surface area is 92.2 Å². The minimum Gasteiger partial charge on any atom is -0.374 e. The molecule has 1 aromatic rings. The van der Waals surface area contributed by atoms with Crippen LogP contribution in [0.15, 0.2) is 12.1 Å². The van der Waals surface area contributed by atoms with Gasteiger partial charge in [0.15, 0.2) is 17.5 Å². The maximum absolute atomic E-state index is 12.9. The van der Waals surface area contributed by atoms with Crippen LogP contribution in [0, 0.1) is 23.4 Å². The number of rotatable bonds is 3. The van der Waals surface area contributed by atoms with Crippen molar-refractivity contribution in [3.63, 3.8) is 0 Å². The summed E-state index contributed by atoms with van der Waals surface area (Å²) < 4.78 is 43.8. The van der Waals surface area contributed by atoms with Gasteiger partial charge in [0.05, 0.1) is 12.7 Å². The molecule has 0 unspecified atom stereocenters. The maximum atomic E-state index is 12.9. The fourth-order valence-corrected chi connectivity index (χ4v) is 1.87. The third-order valence-corrected chi connectivity index (χ3v) is 2.86. The van der Waals surface area contributed by atoms with Gasteiger partial charge in [0.1, 0.15) is 0 Å². The first-order valence-electron chi connectivity index (χ1n) is 5.31. The van der Waals surface area contributed by atoms with Crippen molar-refractivity contribution in [2.24, 2.45) is 5.92 Å². The molecule has 0 radical (unpaired) electrons. The highest BCUT2D eigenvalue weighted by Crippen LogP contribution is 2.30. The zero-order valence-electron chi connectivity index (χ0n) is 8.97. The molecule has 1 aromatic carbocycles. The zero-order chi connectivity index (χ0) is 11.7. The van der Waals surface area contributed by atoms with Gasteiger partial charge in [-0.3, -0.25) is 0 Å². The van der Waals surface area contributed by atoms with Crippen molar-refractivity contribution in [2.75, 3.05) is 0 Å². The van der Waals surface area contributed by atoms with Crippen LogP contribution in [0.2, 0.25) is 0 Å². The van der Waals surface area contributed by atoms with Crippen molar-refractivity contribution >= 4 is 0 Å². The van der Waals surface area contributed by atoms with Crippen LogP contribution < -0.4 is 0 Å². The van der Waals surface area contributed by atoms with E-state index in [1.54, 1.807) is 0 Å². The first-order valence-corrected chi connectivity index (χ1v) is 5.31. The van der Waals surface area contributed by atoms with Crippen LogP contribution in [0.25, 0.3) is 0 Å². The molecule has 0 aliphatic heterocycles. The second kappa shape index (κ2) is 4.45. The molecule has 0 aromatic heterocycles. The van der Waals surface area contributed by atoms with Gasteiger partial charge >= 0.3 is 0 Å². The molecule has 88 valence electrons. The lowest BCUT2D eigenvalue weighted by Gasteiger charge is -2.32. The quantitative estimate of drug-likeness (QED) is 0.723. The van der Waals surface area contributed by atoms with E-state index >= 15 is 0 Å². The Bertz CT molecular complexity index is 363. The van der Waals surface area contributed by atoms with Crippen molar-refractivity contribution in [3.8, 4) is 0 Å². The average molecular weight is 230 g/mol. The van der Waals surface area contributed by atoms with Crippen molar-refractivity contribution in [1.29, 1.82) is 0 Å². The molecular weight excluding hydrogens is 217 g/mol. The molecular formula is C12H13F3O. The van der Waals surface area contributed by atoms with E-state index in [1.807, 2.05) is 0 Å². The summed E-state index contributed by atoms with van der Waals surface area (Å²) in [5, 5.41) is 0. The van der Waals surface area contributed by atoms with E-state index in [4.69, 9.17) is 4.74 Å². The van der Waals surface area contributed by atoms with Crippen molar-refractivity contribution < 1.29 is 17.9 Å². The average Bonchev–Trinajstić information content (AvgIpc) is 2.19. The number of hydrogen-bond acceptors (Lipinski definition) is 1. The number of benzene rings is 1. The minimum absolute atomic E-state index is 0.130. The van der Waals surface area contributed by atoms with Crippen molar-refractivity contribution in [3.05, 3.63) is 35.1 Å². The smallest absolute Gasteiger partial charge is 0.194 e. The Kier molecular flexibility index (Phi) is 3.19. The number of ether oxygens (including phenoxy) is 1. The Morgan fingerprint density at radius 2 is 1.75 bits per heavy atom. The van der Waals surface area contributed by atoms with E-state index in [0.29, 0.717) is 11.5 Å². The summed E-state index contributed by atoms with van der Waals surface area (Å²) in [6, 6.07) is 1.95. The summed E-state index contributed by atoms with van der Waals surface area (Å²) >= 11 is 0. The molecule has 4 heteroatoms. The Morgan fingerprint density at radius 3 is 2.25 bits per heavy atom. The van der Waals surface area contributed by atoms with Gasteiger partial charge in [-0.05, 0) is 36.5 Å². The fraction of sp³-hybridized carbons (Fsp3) is 0.500. The highest BCUT2D eigenvalue weighted by atomic mass is 19.2. The summed E-state index contributed by atoms with van der Waals surface area (Å²) in [6.45, 7) is 2.25. The van der Waals surface area contributed by atoms with E-state index in [-0.39, 0.29) is 12.7 Å². The summed E-state index contributed by atoms with van der Waals surface area (Å²) in [7, 11) is 0. The van der Waals surface area contributed by atoms with Crippen LogP contribution in [0.3, 0.4) is 0 Å². The van der Waals surface area contributed by atoms with E-state index in [9.17, 15) is 13.2 Å². The summed E-state index contributed by atoms with van der Waals surface area (Å²) in [5.41, 5.74) is 0.330. The minimum atomic E-state index is -1.43. The van der Waals surface area contributed by atoms with Gasteiger partial charge in [0.2, 0.25) is 0 Å². The Morgan fingerprint density at radius 1 is 1.19 bits per heavy atom. The van der Waals surface area contributed by atoms with Gasteiger partial charge in [0, 0.05) is 0 Å². The van der Waals surface area contributed by atoms with Gasteiger partial charge in [-0.15, -0.1) is 0 Å². The number of halogens is 3. The molecule has 0 spiro atoms. The van der Waals surface area contributed by atoms with Gasteiger partial charge in [-0.2, -0.15) is 0 Å². The third kappa shape index (κ3) is 2.38. The first kappa shape index (κ1) is 11.5. The highest BCUT2D eigenvalue weighted by molar-refractivity contribution is 5.18. The largest absolute Gasteiger partial charge is 0.374 e. The third-order valence-electron chi connectivity index (χ3n) is 2.86. The van der Waals surface area contributed by atoms with E-state index < -0.39 is 17.5 Å². The number of hydrogen-bond donors (Lipinski definition) is 0. The van der Waals surface area contributed by atoms with Crippen LogP contribution in [0.5, 0.6) is 0 Å². The molecule has 0 bridgehead atoms. The summed E-state index contributed by atoms with van der Waals surface area (Å²) in [5.74, 6) is -3.10. The molecule has 1 fully saturated rings. The lowest BCUT2D eigenvalue weighted by Crippen LogP contribution is -2.29. The predicted molar refractivity (Wildman–Crippen MR) is 53.3 cm³/mol. The molecule has 1 aliphatic carbocycles. The van der Waals surface area contributed by atoms with Gasteiger partial charge in [0.25, 0.3) is 0 Å². The highest BCUT2D eigenvalue weighted by Gasteiger charge is 2.25. The Hall–Kier alpha value is -1.03. The second-order valence-electron chi connectivity index (χ2n) is 4.38. The van der Waals surface area contributed by atoms with Crippen LogP contribution in [0.4, 0.5) is 13.2 Å². The molecule has 0 N–H and O–H groups in total. The van der Waals surface area contributed by atoms with Gasteiger partial charge in [-0.1, -0.05) is 6.92 Å². The monoisotopic (exact) mass is 230 g/mol. The molecule has 16 heavy (non-hydrogen) atoms. The topological polar surface area (TPSA) is 9.23 Å². The summed E-state index contributed by atoms with van der Waals surface area (Å²) in [4.78, 5) is 0. The summed E-state index contributed by atoms with van der Waals surface area (Å²) in [6.07, 6.45) is 2.13. The zero-order valence-corrected chi connectivity index (χ0v) is 8.97. The fourth-order valence-electron chi connectivity index (χ4n) is 1.87. The molecule has 1 nitrogen and oxygen atoms in total. The van der Waals surface area contributed by atoms with Crippen molar-refractivity contribution in [2.45, 2.75) is 32.5 Å². The lowest BCUT2D eigenvalue weighted by molar-refractivity contribution is -0.0354. The first-order chi connectivity index (χ1) is 7.56. The van der Waals surface area contributed by atoms with E-state index in [1.165, 1.54) is 0 Å². The molecule has 0 atom stereocenters. The molecule has 1 saturated carbocycles. The predicted octanol–water partition coefficient (Wildman–Crippen LogP) is 3.42. The van der Waals surface area contributed by atoms with Gasteiger partial charge < -0.3 is 4.74 Å². The second-order valence-corrected chi connectivity index (χ2v) is 4.38. The normalized spacial score (nSPS) is 24.2.